The van der Waals surface area contributed by atoms with Gasteiger partial charge in [-0.1, -0.05) is 61.0 Å². The number of likely N-dealkylation sites (tertiary alicyclic amines) is 1. The molecule has 0 radical (unpaired) electrons. The van der Waals surface area contributed by atoms with Crippen molar-refractivity contribution in [2.75, 3.05) is 31.0 Å². The van der Waals surface area contributed by atoms with Gasteiger partial charge < -0.3 is 4.74 Å². The van der Waals surface area contributed by atoms with Gasteiger partial charge in [-0.3, -0.25) is 19.4 Å². The van der Waals surface area contributed by atoms with Gasteiger partial charge in [0.1, 0.15) is 18.1 Å². The summed E-state index contributed by atoms with van der Waals surface area (Å²) in [6.07, 6.45) is 8.60. The van der Waals surface area contributed by atoms with Crippen molar-refractivity contribution in [2.24, 2.45) is 0 Å². The zero-order valence-corrected chi connectivity index (χ0v) is 24.6. The highest BCUT2D eigenvalue weighted by atomic mass is 32.2. The first-order chi connectivity index (χ1) is 20.5. The highest BCUT2D eigenvalue weighted by Gasteiger charge is 2.21. The minimum absolute atomic E-state index is 0.123. The summed E-state index contributed by atoms with van der Waals surface area (Å²) >= 11 is 0. The molecule has 0 atom stereocenters. The molecule has 218 valence electrons. The van der Waals surface area contributed by atoms with E-state index in [0.29, 0.717) is 42.9 Å². The number of anilines is 1. The van der Waals surface area contributed by atoms with E-state index in [0.717, 1.165) is 36.3 Å². The number of hydrogen-bond donors (Lipinski definition) is 1. The highest BCUT2D eigenvalue weighted by Crippen LogP contribution is 2.35. The van der Waals surface area contributed by atoms with Crippen LogP contribution in [-0.4, -0.2) is 50.3 Å². The number of carbonyl (C=O) groups is 1. The fourth-order valence-corrected chi connectivity index (χ4v) is 6.53. The summed E-state index contributed by atoms with van der Waals surface area (Å²) in [5, 5.41) is 0. The van der Waals surface area contributed by atoms with Gasteiger partial charge in [0.25, 0.3) is 10.0 Å². The third kappa shape index (κ3) is 8.05. The van der Waals surface area contributed by atoms with Crippen molar-refractivity contribution in [3.8, 4) is 16.9 Å². The smallest absolute Gasteiger partial charge is 0.262 e. The Morgan fingerprint density at radius 2 is 1.57 bits per heavy atom. The summed E-state index contributed by atoms with van der Waals surface area (Å²) in [7, 11) is -3.91. The number of nitrogens with one attached hydrogen (secondary N) is 1. The molecule has 1 aliphatic heterocycles. The number of nitrogens with zero attached hydrogens (tertiary/aromatic N) is 2. The lowest BCUT2D eigenvalue weighted by Gasteiger charge is -2.26. The number of hydrogen-bond acceptors (Lipinski definition) is 6. The van der Waals surface area contributed by atoms with Crippen LogP contribution in [0.4, 0.5) is 5.69 Å². The SMILES string of the molecule is O=C(CCc1cccnc1)Cc1ccc(NS(=O)(=O)c2ccccc2-c2ccccc2OCCN2CCCCC2)cc1. The maximum Gasteiger partial charge on any atom is 0.262 e. The first-order valence-corrected chi connectivity index (χ1v) is 16.0. The Morgan fingerprint density at radius 3 is 2.33 bits per heavy atom. The van der Waals surface area contributed by atoms with E-state index in [-0.39, 0.29) is 10.7 Å². The van der Waals surface area contributed by atoms with Crippen molar-refractivity contribution < 1.29 is 17.9 Å². The number of rotatable bonds is 13. The van der Waals surface area contributed by atoms with Crippen LogP contribution < -0.4 is 9.46 Å². The van der Waals surface area contributed by atoms with Crippen LogP contribution in [0.25, 0.3) is 11.1 Å². The minimum atomic E-state index is -3.91. The lowest BCUT2D eigenvalue weighted by atomic mass is 10.0. The largest absolute Gasteiger partial charge is 0.492 e. The lowest BCUT2D eigenvalue weighted by Crippen LogP contribution is -2.33. The minimum Gasteiger partial charge on any atom is -0.492 e. The van der Waals surface area contributed by atoms with E-state index in [1.54, 1.807) is 48.8 Å². The monoisotopic (exact) mass is 583 g/mol. The third-order valence-electron chi connectivity index (χ3n) is 7.49. The normalized spacial score (nSPS) is 13.9. The van der Waals surface area contributed by atoms with Gasteiger partial charge >= 0.3 is 0 Å². The predicted octanol–water partition coefficient (Wildman–Crippen LogP) is 6.16. The summed E-state index contributed by atoms with van der Waals surface area (Å²) in [4.78, 5) is 19.2. The summed E-state index contributed by atoms with van der Waals surface area (Å²) in [6, 6.07) is 25.3. The number of pyridine rings is 1. The number of piperidine rings is 1. The summed E-state index contributed by atoms with van der Waals surface area (Å²) in [5.41, 5.74) is 3.61. The topological polar surface area (TPSA) is 88.6 Å². The number of para-hydroxylation sites is 1. The van der Waals surface area contributed by atoms with Crippen LogP contribution in [0.2, 0.25) is 0 Å². The third-order valence-corrected chi connectivity index (χ3v) is 8.93. The second-order valence-corrected chi connectivity index (χ2v) is 12.3. The molecule has 8 heteroatoms. The second-order valence-electron chi connectivity index (χ2n) is 10.6. The van der Waals surface area contributed by atoms with Crippen molar-refractivity contribution in [1.82, 2.24) is 9.88 Å². The van der Waals surface area contributed by atoms with Crippen LogP contribution in [0.3, 0.4) is 0 Å². The number of aryl methyl sites for hydroxylation is 1. The Balaban J connectivity index is 1.24. The van der Waals surface area contributed by atoms with E-state index in [1.165, 1.54) is 19.3 Å². The molecule has 0 spiro atoms. The molecule has 0 aliphatic carbocycles. The summed E-state index contributed by atoms with van der Waals surface area (Å²) in [5.74, 6) is 0.785. The molecule has 1 fully saturated rings. The zero-order valence-electron chi connectivity index (χ0n) is 23.7. The average Bonchev–Trinajstić information content (AvgIpc) is 3.02. The van der Waals surface area contributed by atoms with Crippen molar-refractivity contribution in [1.29, 1.82) is 0 Å². The Kier molecular flexibility index (Phi) is 10.0. The Bertz CT molecular complexity index is 1570. The fraction of sp³-hybridized carbons (Fsp3) is 0.294. The number of Topliss-reactive ketones (excluding diaryl/α,β-unsaturated/α-hetero) is 1. The van der Waals surface area contributed by atoms with Crippen LogP contribution in [-0.2, 0) is 27.7 Å². The molecule has 1 N–H and O–H groups in total. The van der Waals surface area contributed by atoms with Gasteiger partial charge in [0.05, 0.1) is 4.90 Å². The Labute approximate surface area is 248 Å². The van der Waals surface area contributed by atoms with Crippen molar-refractivity contribution in [3.05, 3.63) is 108 Å². The van der Waals surface area contributed by atoms with E-state index >= 15 is 0 Å². The second kappa shape index (κ2) is 14.2. The van der Waals surface area contributed by atoms with Gasteiger partial charge in [0.15, 0.2) is 0 Å². The summed E-state index contributed by atoms with van der Waals surface area (Å²) < 4.78 is 36.1. The van der Waals surface area contributed by atoms with Gasteiger partial charge in [0.2, 0.25) is 0 Å². The van der Waals surface area contributed by atoms with Crippen LogP contribution in [0, 0.1) is 0 Å². The average molecular weight is 584 g/mol. The number of ketones is 1. The highest BCUT2D eigenvalue weighted by molar-refractivity contribution is 7.92. The number of aromatic nitrogens is 1. The first kappa shape index (κ1) is 29.5. The molecule has 0 amide bonds. The molecule has 2 heterocycles. The molecule has 3 aromatic carbocycles. The number of benzene rings is 3. The van der Waals surface area contributed by atoms with Crippen LogP contribution in [0.1, 0.15) is 36.8 Å². The zero-order chi connectivity index (χ0) is 29.2. The van der Waals surface area contributed by atoms with Gasteiger partial charge in [-0.25, -0.2) is 8.42 Å². The number of carbonyl (C=O) groups excluding carboxylic acids is 1. The molecule has 1 saturated heterocycles. The van der Waals surface area contributed by atoms with Gasteiger partial charge in [0, 0.05) is 48.6 Å². The standard InChI is InChI=1S/C34H37N3O4S/c38-30(19-16-28-9-8-20-35-26-28)25-27-14-17-29(18-15-27)36-42(39,40)34-13-5-3-11-32(34)31-10-2-4-12-33(31)41-24-23-37-21-6-1-7-22-37/h2-5,8-15,17-18,20,26,36H,1,6-7,16,19,21-25H2. The first-order valence-electron chi connectivity index (χ1n) is 14.5. The van der Waals surface area contributed by atoms with Gasteiger partial charge in [-0.15, -0.1) is 0 Å². The fourth-order valence-electron chi connectivity index (χ4n) is 5.25. The predicted molar refractivity (Wildman–Crippen MR) is 166 cm³/mol. The van der Waals surface area contributed by atoms with E-state index in [4.69, 9.17) is 4.74 Å². The van der Waals surface area contributed by atoms with Crippen LogP contribution >= 0.6 is 0 Å². The van der Waals surface area contributed by atoms with E-state index in [2.05, 4.69) is 14.6 Å². The van der Waals surface area contributed by atoms with E-state index < -0.39 is 10.0 Å². The van der Waals surface area contributed by atoms with Crippen molar-refractivity contribution >= 4 is 21.5 Å². The molecule has 5 rings (SSSR count). The maximum atomic E-state index is 13.6. The molecule has 4 aromatic rings. The molecule has 0 bridgehead atoms. The number of ether oxygens (including phenoxy) is 1. The van der Waals surface area contributed by atoms with Gasteiger partial charge in [-0.2, -0.15) is 0 Å². The molecule has 7 nitrogen and oxygen atoms in total. The molecular weight excluding hydrogens is 546 g/mol. The van der Waals surface area contributed by atoms with Gasteiger partial charge in [-0.05, 0) is 73.8 Å². The molecule has 0 saturated carbocycles. The Morgan fingerprint density at radius 1 is 0.833 bits per heavy atom. The molecule has 1 aliphatic rings. The Hall–Kier alpha value is -4.01. The van der Waals surface area contributed by atoms with E-state index in [1.807, 2.05) is 48.5 Å². The van der Waals surface area contributed by atoms with Crippen LogP contribution in [0.15, 0.2) is 102 Å². The van der Waals surface area contributed by atoms with Crippen molar-refractivity contribution in [2.45, 2.75) is 43.4 Å². The summed E-state index contributed by atoms with van der Waals surface area (Å²) in [6.45, 7) is 3.59. The molecule has 1 aromatic heterocycles. The van der Waals surface area contributed by atoms with Crippen LogP contribution in [0.5, 0.6) is 5.75 Å². The molecule has 42 heavy (non-hydrogen) atoms. The quantitative estimate of drug-likeness (QED) is 0.203. The lowest BCUT2D eigenvalue weighted by molar-refractivity contribution is -0.118. The maximum absolute atomic E-state index is 13.6. The van der Waals surface area contributed by atoms with Crippen molar-refractivity contribution in [3.63, 3.8) is 0 Å². The number of sulfonamides is 1. The molecular formula is C34H37N3O4S. The molecule has 0 unspecified atom stereocenters. The van der Waals surface area contributed by atoms with E-state index in [9.17, 15) is 13.2 Å².